The van der Waals surface area contributed by atoms with Gasteiger partial charge in [0.05, 0.1) is 13.7 Å². The second kappa shape index (κ2) is 4.61. The first-order valence-electron chi connectivity index (χ1n) is 5.37. The lowest BCUT2D eigenvalue weighted by Gasteiger charge is -2.21. The van der Waals surface area contributed by atoms with Gasteiger partial charge in [-0.1, -0.05) is 0 Å². The van der Waals surface area contributed by atoms with Crippen molar-refractivity contribution in [3.05, 3.63) is 12.2 Å². The summed E-state index contributed by atoms with van der Waals surface area (Å²) in [5, 5.41) is 7.84. The van der Waals surface area contributed by atoms with Gasteiger partial charge < -0.3 is 9.30 Å². The quantitative estimate of drug-likeness (QED) is 0.674. The molecule has 1 fully saturated rings. The van der Waals surface area contributed by atoms with Crippen molar-refractivity contribution in [2.45, 2.75) is 25.4 Å². The minimum atomic E-state index is -0.153. The van der Waals surface area contributed by atoms with Gasteiger partial charge in [-0.15, -0.1) is 10.2 Å². The Morgan fingerprint density at radius 3 is 3.12 bits per heavy atom. The van der Waals surface area contributed by atoms with Crippen LogP contribution in [0, 0.1) is 0 Å². The molecule has 88 valence electrons. The van der Waals surface area contributed by atoms with Crippen molar-refractivity contribution in [3.8, 4) is 0 Å². The maximum absolute atomic E-state index is 11.5. The molecule has 0 radical (unpaired) electrons. The number of methoxy groups -OCH3 is 1. The fourth-order valence-corrected chi connectivity index (χ4v) is 2.05. The summed E-state index contributed by atoms with van der Waals surface area (Å²) in [6, 6.07) is -0.123. The highest BCUT2D eigenvalue weighted by Crippen LogP contribution is 2.20. The van der Waals surface area contributed by atoms with Gasteiger partial charge in [-0.3, -0.25) is 9.69 Å². The fourth-order valence-electron chi connectivity index (χ4n) is 2.05. The highest BCUT2D eigenvalue weighted by atomic mass is 16.5. The Labute approximate surface area is 94.2 Å². The van der Waals surface area contributed by atoms with Crippen LogP contribution < -0.4 is 0 Å². The number of likely N-dealkylation sites (tertiary alicyclic amines) is 1. The van der Waals surface area contributed by atoms with Crippen LogP contribution in [0.2, 0.25) is 0 Å². The average Bonchev–Trinajstić information content (AvgIpc) is 2.88. The molecule has 0 bridgehead atoms. The molecule has 1 aliphatic heterocycles. The molecule has 0 N–H and O–H groups in total. The summed E-state index contributed by atoms with van der Waals surface area (Å²) in [4.78, 5) is 13.6. The number of hydrogen-bond acceptors (Lipinski definition) is 5. The number of carbonyl (C=O) groups is 1. The first-order valence-corrected chi connectivity index (χ1v) is 5.37. The van der Waals surface area contributed by atoms with Gasteiger partial charge in [-0.05, 0) is 19.4 Å². The third kappa shape index (κ3) is 2.06. The van der Waals surface area contributed by atoms with Crippen LogP contribution in [-0.2, 0) is 23.1 Å². The van der Waals surface area contributed by atoms with Gasteiger partial charge in [0.1, 0.15) is 18.2 Å². The fraction of sp³-hybridized carbons (Fsp3) is 0.700. The predicted octanol–water partition coefficient (Wildman–Crippen LogP) is -0.0475. The van der Waals surface area contributed by atoms with E-state index in [-0.39, 0.29) is 12.0 Å². The van der Waals surface area contributed by atoms with Crippen LogP contribution in [0.5, 0.6) is 0 Å². The molecule has 16 heavy (non-hydrogen) atoms. The zero-order chi connectivity index (χ0) is 11.5. The molecule has 1 unspecified atom stereocenters. The number of ether oxygens (including phenoxy) is 1. The molecule has 1 saturated heterocycles. The van der Waals surface area contributed by atoms with Crippen molar-refractivity contribution in [1.29, 1.82) is 0 Å². The number of aryl methyl sites for hydroxylation is 1. The summed E-state index contributed by atoms with van der Waals surface area (Å²) in [7, 11) is 3.33. The Bertz CT molecular complexity index is 377. The molecule has 2 rings (SSSR count). The standard InChI is InChI=1S/C10H16N4O2/c1-13-7-11-12-9(13)6-14-5-3-4-8(14)10(15)16-2/h7-8H,3-6H2,1-2H3. The Morgan fingerprint density at radius 1 is 1.69 bits per heavy atom. The van der Waals surface area contributed by atoms with E-state index in [1.54, 1.807) is 6.33 Å². The SMILES string of the molecule is COC(=O)C1CCCN1Cc1nncn1C. The molecule has 1 aromatic heterocycles. The smallest absolute Gasteiger partial charge is 0.323 e. The van der Waals surface area contributed by atoms with Crippen molar-refractivity contribution in [1.82, 2.24) is 19.7 Å². The summed E-state index contributed by atoms with van der Waals surface area (Å²) in [6.45, 7) is 1.56. The van der Waals surface area contributed by atoms with Crippen molar-refractivity contribution in [3.63, 3.8) is 0 Å². The van der Waals surface area contributed by atoms with Crippen molar-refractivity contribution in [2.24, 2.45) is 7.05 Å². The number of aromatic nitrogens is 3. The molecule has 0 aromatic carbocycles. The summed E-state index contributed by atoms with van der Waals surface area (Å²) in [5.74, 6) is 0.718. The largest absolute Gasteiger partial charge is 0.468 e. The Kier molecular flexibility index (Phi) is 3.19. The van der Waals surface area contributed by atoms with E-state index in [0.717, 1.165) is 25.2 Å². The monoisotopic (exact) mass is 224 g/mol. The highest BCUT2D eigenvalue weighted by molar-refractivity contribution is 5.75. The summed E-state index contributed by atoms with van der Waals surface area (Å²) in [6.07, 6.45) is 3.56. The predicted molar refractivity (Wildman–Crippen MR) is 56.5 cm³/mol. The van der Waals surface area contributed by atoms with Crippen LogP contribution in [0.15, 0.2) is 6.33 Å². The number of nitrogens with zero attached hydrogens (tertiary/aromatic N) is 4. The van der Waals surface area contributed by atoms with E-state index in [2.05, 4.69) is 15.1 Å². The van der Waals surface area contributed by atoms with Crippen LogP contribution in [0.4, 0.5) is 0 Å². The van der Waals surface area contributed by atoms with Gasteiger partial charge in [0.2, 0.25) is 0 Å². The number of carbonyl (C=O) groups excluding carboxylic acids is 1. The number of rotatable bonds is 3. The molecule has 1 aliphatic rings. The van der Waals surface area contributed by atoms with E-state index in [4.69, 9.17) is 4.74 Å². The lowest BCUT2D eigenvalue weighted by atomic mass is 10.2. The molecular weight excluding hydrogens is 208 g/mol. The zero-order valence-corrected chi connectivity index (χ0v) is 9.59. The van der Waals surface area contributed by atoms with E-state index in [1.807, 2.05) is 11.6 Å². The maximum Gasteiger partial charge on any atom is 0.323 e. The van der Waals surface area contributed by atoms with Crippen molar-refractivity contribution >= 4 is 5.97 Å². The number of hydrogen-bond donors (Lipinski definition) is 0. The average molecular weight is 224 g/mol. The second-order valence-electron chi connectivity index (χ2n) is 4.01. The van der Waals surface area contributed by atoms with Crippen LogP contribution in [-0.4, -0.2) is 45.3 Å². The molecule has 0 saturated carbocycles. The topological polar surface area (TPSA) is 60.2 Å². The van der Waals surface area contributed by atoms with Crippen LogP contribution in [0.1, 0.15) is 18.7 Å². The molecule has 2 heterocycles. The molecule has 6 nitrogen and oxygen atoms in total. The van der Waals surface area contributed by atoms with Crippen LogP contribution in [0.3, 0.4) is 0 Å². The minimum absolute atomic E-state index is 0.123. The second-order valence-corrected chi connectivity index (χ2v) is 4.01. The van der Waals surface area contributed by atoms with Gasteiger partial charge in [-0.2, -0.15) is 0 Å². The third-order valence-corrected chi connectivity index (χ3v) is 2.99. The van der Waals surface area contributed by atoms with Gasteiger partial charge in [0.15, 0.2) is 0 Å². The Morgan fingerprint density at radius 2 is 2.50 bits per heavy atom. The normalized spacial score (nSPS) is 21.2. The van der Waals surface area contributed by atoms with Crippen molar-refractivity contribution < 1.29 is 9.53 Å². The van der Waals surface area contributed by atoms with Gasteiger partial charge >= 0.3 is 5.97 Å². The summed E-state index contributed by atoms with van der Waals surface area (Å²) >= 11 is 0. The molecule has 6 heteroatoms. The summed E-state index contributed by atoms with van der Waals surface area (Å²) < 4.78 is 6.66. The number of esters is 1. The maximum atomic E-state index is 11.5. The zero-order valence-electron chi connectivity index (χ0n) is 9.59. The highest BCUT2D eigenvalue weighted by Gasteiger charge is 2.32. The van der Waals surface area contributed by atoms with E-state index >= 15 is 0 Å². The Hall–Kier alpha value is -1.43. The third-order valence-electron chi connectivity index (χ3n) is 2.99. The van der Waals surface area contributed by atoms with Crippen LogP contribution >= 0.6 is 0 Å². The molecule has 0 spiro atoms. The summed E-state index contributed by atoms with van der Waals surface area (Å²) in [5.41, 5.74) is 0. The van der Waals surface area contributed by atoms with Gasteiger partial charge in [-0.25, -0.2) is 0 Å². The van der Waals surface area contributed by atoms with Gasteiger partial charge in [0, 0.05) is 7.05 Å². The van der Waals surface area contributed by atoms with Crippen molar-refractivity contribution in [2.75, 3.05) is 13.7 Å². The van der Waals surface area contributed by atoms with Crippen LogP contribution in [0.25, 0.3) is 0 Å². The first kappa shape index (κ1) is 11.1. The van der Waals surface area contributed by atoms with E-state index in [0.29, 0.717) is 6.54 Å². The first-order chi connectivity index (χ1) is 7.72. The van der Waals surface area contributed by atoms with E-state index < -0.39 is 0 Å². The minimum Gasteiger partial charge on any atom is -0.468 e. The van der Waals surface area contributed by atoms with E-state index in [9.17, 15) is 4.79 Å². The Balaban J connectivity index is 2.04. The van der Waals surface area contributed by atoms with E-state index in [1.165, 1.54) is 7.11 Å². The molecular formula is C10H16N4O2. The lowest BCUT2D eigenvalue weighted by molar-refractivity contribution is -0.146. The molecule has 1 atom stereocenters. The molecule has 1 aromatic rings. The lowest BCUT2D eigenvalue weighted by Crippen LogP contribution is -2.36. The molecule has 0 amide bonds. The molecule has 0 aliphatic carbocycles. The van der Waals surface area contributed by atoms with Gasteiger partial charge in [0.25, 0.3) is 0 Å².